The van der Waals surface area contributed by atoms with Gasteiger partial charge in [-0.05, 0) is 43.2 Å². The quantitative estimate of drug-likeness (QED) is 0.615. The normalized spacial score (nSPS) is 12.4. The molecule has 0 aliphatic heterocycles. The van der Waals surface area contributed by atoms with Gasteiger partial charge in [-0.25, -0.2) is 8.42 Å². The number of nitrogens with zero attached hydrogens (tertiary/aromatic N) is 1. The van der Waals surface area contributed by atoms with Gasteiger partial charge in [0.15, 0.2) is 9.84 Å². The van der Waals surface area contributed by atoms with Crippen LogP contribution in [0.25, 0.3) is 0 Å². The molecule has 1 unspecified atom stereocenters. The minimum atomic E-state index is -3.28. The first-order chi connectivity index (χ1) is 12.1. The summed E-state index contributed by atoms with van der Waals surface area (Å²) in [6.45, 7) is 3.48. The second-order valence-corrected chi connectivity index (χ2v) is 8.05. The molecule has 8 heteroatoms. The van der Waals surface area contributed by atoms with Crippen molar-refractivity contribution in [2.24, 2.45) is 0 Å². The highest BCUT2D eigenvalue weighted by Gasteiger charge is 2.18. The van der Waals surface area contributed by atoms with E-state index in [1.165, 1.54) is 30.3 Å². The molecule has 2 rings (SSSR count). The van der Waals surface area contributed by atoms with E-state index in [4.69, 9.17) is 0 Å². The second kappa shape index (κ2) is 7.65. The lowest BCUT2D eigenvalue weighted by atomic mass is 10.0. The van der Waals surface area contributed by atoms with Gasteiger partial charge in [0, 0.05) is 23.4 Å². The predicted molar refractivity (Wildman–Crippen MR) is 97.9 cm³/mol. The third-order valence-electron chi connectivity index (χ3n) is 4.08. The summed E-state index contributed by atoms with van der Waals surface area (Å²) in [5, 5.41) is 13.7. The van der Waals surface area contributed by atoms with Crippen LogP contribution in [0.3, 0.4) is 0 Å². The van der Waals surface area contributed by atoms with Gasteiger partial charge in [0.2, 0.25) is 0 Å². The molecule has 1 amide bonds. The highest BCUT2D eigenvalue weighted by molar-refractivity contribution is 7.90. The fraction of sp³-hybridized carbons (Fsp3) is 0.278. The van der Waals surface area contributed by atoms with Crippen molar-refractivity contribution in [3.8, 4) is 0 Å². The Labute approximate surface area is 152 Å². The number of amides is 1. The molecule has 0 saturated carbocycles. The summed E-state index contributed by atoms with van der Waals surface area (Å²) in [5.41, 5.74) is 1.49. The van der Waals surface area contributed by atoms with Crippen LogP contribution < -0.4 is 5.32 Å². The second-order valence-electron chi connectivity index (χ2n) is 6.03. The van der Waals surface area contributed by atoms with Crippen LogP contribution in [0.2, 0.25) is 0 Å². The van der Waals surface area contributed by atoms with Gasteiger partial charge in [-0.2, -0.15) is 0 Å². The highest BCUT2D eigenvalue weighted by Crippen LogP contribution is 2.22. The molecule has 0 aliphatic rings. The van der Waals surface area contributed by atoms with E-state index in [2.05, 4.69) is 5.32 Å². The molecule has 2 aromatic carbocycles. The van der Waals surface area contributed by atoms with Crippen LogP contribution in [-0.2, 0) is 9.84 Å². The van der Waals surface area contributed by atoms with E-state index in [-0.39, 0.29) is 22.5 Å². The molecular formula is C18H20N2O5S. The molecular weight excluding hydrogens is 356 g/mol. The van der Waals surface area contributed by atoms with E-state index in [0.717, 1.165) is 11.8 Å². The van der Waals surface area contributed by atoms with E-state index in [1.54, 1.807) is 19.1 Å². The Morgan fingerprint density at radius 1 is 1.19 bits per heavy atom. The number of hydrogen-bond donors (Lipinski definition) is 1. The first kappa shape index (κ1) is 19.6. The molecule has 7 nitrogen and oxygen atoms in total. The Balaban J connectivity index is 2.20. The summed E-state index contributed by atoms with van der Waals surface area (Å²) in [5.74, 6) is -0.345. The van der Waals surface area contributed by atoms with Crippen LogP contribution in [0.1, 0.15) is 40.9 Å². The highest BCUT2D eigenvalue weighted by atomic mass is 32.2. The Bertz CT molecular complexity index is 937. The number of aryl methyl sites for hydroxylation is 1. The lowest BCUT2D eigenvalue weighted by Crippen LogP contribution is -2.28. The number of carbonyl (C=O) groups excluding carboxylic acids is 1. The molecule has 0 aliphatic carbocycles. The van der Waals surface area contributed by atoms with Crippen LogP contribution in [0.15, 0.2) is 47.4 Å². The third kappa shape index (κ3) is 4.45. The number of rotatable bonds is 6. The molecule has 26 heavy (non-hydrogen) atoms. The standard InChI is InChI=1S/C18H20N2O5S/c1-4-16(13-5-8-15(9-6-13)26(3,24)25)19-18(21)14-7-10-17(20(22)23)12(2)11-14/h5-11,16H,4H2,1-3H3,(H,19,21). The van der Waals surface area contributed by atoms with Crippen molar-refractivity contribution < 1.29 is 18.1 Å². The number of nitro groups is 1. The van der Waals surface area contributed by atoms with E-state index in [0.29, 0.717) is 17.5 Å². The van der Waals surface area contributed by atoms with E-state index < -0.39 is 14.8 Å². The Kier molecular flexibility index (Phi) is 5.76. The van der Waals surface area contributed by atoms with Crippen LogP contribution in [0.5, 0.6) is 0 Å². The summed E-state index contributed by atoms with van der Waals surface area (Å²) >= 11 is 0. The first-order valence-corrected chi connectivity index (χ1v) is 9.88. The fourth-order valence-electron chi connectivity index (χ4n) is 2.61. The Morgan fingerprint density at radius 3 is 2.27 bits per heavy atom. The SMILES string of the molecule is CCC(NC(=O)c1ccc([N+](=O)[O-])c(C)c1)c1ccc(S(C)(=O)=O)cc1. The van der Waals surface area contributed by atoms with Crippen molar-refractivity contribution in [1.82, 2.24) is 5.32 Å². The maximum Gasteiger partial charge on any atom is 0.272 e. The number of benzene rings is 2. The minimum absolute atomic E-state index is 0.0371. The van der Waals surface area contributed by atoms with Crippen LogP contribution in [0, 0.1) is 17.0 Å². The zero-order valence-corrected chi connectivity index (χ0v) is 15.5. The zero-order chi connectivity index (χ0) is 19.5. The van der Waals surface area contributed by atoms with Gasteiger partial charge in [-0.3, -0.25) is 14.9 Å². The van der Waals surface area contributed by atoms with Crippen LogP contribution in [-0.4, -0.2) is 25.5 Å². The van der Waals surface area contributed by atoms with Crippen molar-refractivity contribution in [1.29, 1.82) is 0 Å². The number of carbonyl (C=O) groups is 1. The molecule has 1 N–H and O–H groups in total. The summed E-state index contributed by atoms with van der Waals surface area (Å²) in [6, 6.07) is 10.3. The smallest absolute Gasteiger partial charge is 0.272 e. The van der Waals surface area contributed by atoms with Gasteiger partial charge in [0.1, 0.15) is 0 Å². The Hall–Kier alpha value is -2.74. The van der Waals surface area contributed by atoms with Crippen molar-refractivity contribution in [2.75, 3.05) is 6.26 Å². The summed E-state index contributed by atoms with van der Waals surface area (Å²) in [6.07, 6.45) is 1.74. The third-order valence-corrected chi connectivity index (χ3v) is 5.21. The summed E-state index contributed by atoms with van der Waals surface area (Å²) < 4.78 is 23.1. The van der Waals surface area contributed by atoms with Gasteiger partial charge in [0.25, 0.3) is 11.6 Å². The zero-order valence-electron chi connectivity index (χ0n) is 14.7. The predicted octanol–water partition coefficient (Wildman–Crippen LogP) is 3.19. The van der Waals surface area contributed by atoms with E-state index in [1.807, 2.05) is 6.92 Å². The molecule has 0 radical (unpaired) electrons. The van der Waals surface area contributed by atoms with Crippen LogP contribution in [0.4, 0.5) is 5.69 Å². The van der Waals surface area contributed by atoms with Crippen molar-refractivity contribution in [3.05, 3.63) is 69.3 Å². The molecule has 0 aromatic heterocycles. The van der Waals surface area contributed by atoms with Crippen molar-refractivity contribution >= 4 is 21.4 Å². The first-order valence-electron chi connectivity index (χ1n) is 7.99. The lowest BCUT2D eigenvalue weighted by molar-refractivity contribution is -0.385. The summed E-state index contributed by atoms with van der Waals surface area (Å²) in [4.78, 5) is 23.1. The van der Waals surface area contributed by atoms with Gasteiger partial charge in [0.05, 0.1) is 15.9 Å². The maximum absolute atomic E-state index is 12.5. The average Bonchev–Trinajstić information content (AvgIpc) is 2.58. The number of nitrogens with one attached hydrogen (secondary N) is 1. The number of sulfone groups is 1. The topological polar surface area (TPSA) is 106 Å². The molecule has 0 spiro atoms. The minimum Gasteiger partial charge on any atom is -0.345 e. The number of hydrogen-bond acceptors (Lipinski definition) is 5. The van der Waals surface area contributed by atoms with Gasteiger partial charge < -0.3 is 5.32 Å². The van der Waals surface area contributed by atoms with E-state index in [9.17, 15) is 23.3 Å². The van der Waals surface area contributed by atoms with Crippen molar-refractivity contribution in [2.45, 2.75) is 31.2 Å². The monoisotopic (exact) mass is 376 g/mol. The van der Waals surface area contributed by atoms with E-state index >= 15 is 0 Å². The molecule has 0 bridgehead atoms. The molecule has 2 aromatic rings. The van der Waals surface area contributed by atoms with Gasteiger partial charge in [-0.1, -0.05) is 19.1 Å². The average molecular weight is 376 g/mol. The lowest BCUT2D eigenvalue weighted by Gasteiger charge is -2.18. The molecule has 138 valence electrons. The van der Waals surface area contributed by atoms with Crippen LogP contribution >= 0.6 is 0 Å². The van der Waals surface area contributed by atoms with Gasteiger partial charge >= 0.3 is 0 Å². The van der Waals surface area contributed by atoms with Gasteiger partial charge in [-0.15, -0.1) is 0 Å². The number of nitro benzene ring substituents is 1. The largest absolute Gasteiger partial charge is 0.345 e. The fourth-order valence-corrected chi connectivity index (χ4v) is 3.24. The van der Waals surface area contributed by atoms with Crippen molar-refractivity contribution in [3.63, 3.8) is 0 Å². The molecule has 0 fully saturated rings. The molecule has 0 saturated heterocycles. The molecule has 1 atom stereocenters. The maximum atomic E-state index is 12.5. The Morgan fingerprint density at radius 2 is 1.81 bits per heavy atom. The molecule has 0 heterocycles. The summed E-state index contributed by atoms with van der Waals surface area (Å²) in [7, 11) is -3.28.